The maximum atomic E-state index is 13.4. The number of amides is 2. The van der Waals surface area contributed by atoms with E-state index in [-0.39, 0.29) is 5.69 Å². The van der Waals surface area contributed by atoms with Crippen LogP contribution in [-0.2, 0) is 0 Å². The number of hydrogen-bond acceptors (Lipinski definition) is 5. The maximum absolute atomic E-state index is 13.4. The van der Waals surface area contributed by atoms with Crippen LogP contribution in [0.25, 0.3) is 16.5 Å². The molecule has 0 radical (unpaired) electrons. The second kappa shape index (κ2) is 6.60. The molecule has 1 aliphatic rings. The van der Waals surface area contributed by atoms with Gasteiger partial charge in [0, 0.05) is 28.6 Å². The lowest BCUT2D eigenvalue weighted by molar-refractivity contribution is -0.384. The SMILES string of the molecule is Cc1nn(-c2ccc([N+](=O)[O-])cc2)c(C)c1N1C(=O)c2cccc3cccc(c23)C1=O. The van der Waals surface area contributed by atoms with E-state index in [0.29, 0.717) is 39.3 Å². The summed E-state index contributed by atoms with van der Waals surface area (Å²) in [6.45, 7) is 3.49. The summed E-state index contributed by atoms with van der Waals surface area (Å²) in [5.41, 5.74) is 3.00. The van der Waals surface area contributed by atoms with Crippen molar-refractivity contribution in [1.29, 1.82) is 0 Å². The minimum absolute atomic E-state index is 0.0309. The normalized spacial score (nSPS) is 13.2. The molecule has 152 valence electrons. The molecule has 1 aromatic heterocycles. The van der Waals surface area contributed by atoms with Gasteiger partial charge in [-0.05, 0) is 43.5 Å². The summed E-state index contributed by atoms with van der Waals surface area (Å²) in [6.07, 6.45) is 0. The molecule has 5 rings (SSSR count). The van der Waals surface area contributed by atoms with E-state index in [0.717, 1.165) is 5.39 Å². The van der Waals surface area contributed by atoms with E-state index in [1.54, 1.807) is 54.9 Å². The Kier molecular flexibility index (Phi) is 3.97. The molecular formula is C23H16N4O4. The van der Waals surface area contributed by atoms with Crippen LogP contribution < -0.4 is 4.90 Å². The second-order valence-electron chi connectivity index (χ2n) is 7.36. The van der Waals surface area contributed by atoms with Gasteiger partial charge in [-0.1, -0.05) is 24.3 Å². The number of carbonyl (C=O) groups is 2. The third-order valence-electron chi connectivity index (χ3n) is 5.55. The fourth-order valence-corrected chi connectivity index (χ4v) is 4.16. The van der Waals surface area contributed by atoms with Gasteiger partial charge in [-0.2, -0.15) is 5.10 Å². The van der Waals surface area contributed by atoms with Gasteiger partial charge in [-0.3, -0.25) is 19.7 Å². The first-order valence-corrected chi connectivity index (χ1v) is 9.60. The molecule has 31 heavy (non-hydrogen) atoms. The lowest BCUT2D eigenvalue weighted by Crippen LogP contribution is -2.41. The molecule has 0 atom stereocenters. The minimum atomic E-state index is -0.473. The largest absolute Gasteiger partial charge is 0.269 e. The molecule has 1 aliphatic heterocycles. The van der Waals surface area contributed by atoms with Crippen molar-refractivity contribution < 1.29 is 14.5 Å². The summed E-state index contributed by atoms with van der Waals surface area (Å²) >= 11 is 0. The molecule has 2 heterocycles. The average molecular weight is 412 g/mol. The quantitative estimate of drug-likeness (QED) is 0.283. The molecule has 8 nitrogen and oxygen atoms in total. The zero-order valence-electron chi connectivity index (χ0n) is 16.7. The molecule has 0 N–H and O–H groups in total. The predicted molar refractivity (Wildman–Crippen MR) is 115 cm³/mol. The van der Waals surface area contributed by atoms with Gasteiger partial charge in [0.1, 0.15) is 0 Å². The number of aromatic nitrogens is 2. The summed E-state index contributed by atoms with van der Waals surface area (Å²) in [4.78, 5) is 38.4. The maximum Gasteiger partial charge on any atom is 0.269 e. The summed E-state index contributed by atoms with van der Waals surface area (Å²) in [6, 6.07) is 16.7. The van der Waals surface area contributed by atoms with Gasteiger partial charge in [0.2, 0.25) is 0 Å². The Morgan fingerprint density at radius 1 is 0.871 bits per heavy atom. The zero-order valence-corrected chi connectivity index (χ0v) is 16.7. The molecule has 2 amide bonds. The second-order valence-corrected chi connectivity index (χ2v) is 7.36. The molecule has 0 saturated heterocycles. The summed E-state index contributed by atoms with van der Waals surface area (Å²) in [7, 11) is 0. The van der Waals surface area contributed by atoms with Gasteiger partial charge in [0.15, 0.2) is 0 Å². The van der Waals surface area contributed by atoms with Crippen molar-refractivity contribution in [1.82, 2.24) is 9.78 Å². The van der Waals surface area contributed by atoms with E-state index >= 15 is 0 Å². The lowest BCUT2D eigenvalue weighted by Gasteiger charge is -2.27. The Bertz CT molecular complexity index is 1370. The van der Waals surface area contributed by atoms with Crippen molar-refractivity contribution in [2.24, 2.45) is 0 Å². The van der Waals surface area contributed by atoms with Crippen molar-refractivity contribution in [3.63, 3.8) is 0 Å². The van der Waals surface area contributed by atoms with Crippen LogP contribution >= 0.6 is 0 Å². The number of non-ortho nitro benzene ring substituents is 1. The van der Waals surface area contributed by atoms with Gasteiger partial charge < -0.3 is 0 Å². The third kappa shape index (κ3) is 2.65. The Morgan fingerprint density at radius 3 is 2.00 bits per heavy atom. The zero-order chi connectivity index (χ0) is 21.9. The monoisotopic (exact) mass is 412 g/mol. The van der Waals surface area contributed by atoms with Crippen LogP contribution in [0.1, 0.15) is 32.1 Å². The molecule has 0 unspecified atom stereocenters. The van der Waals surface area contributed by atoms with Gasteiger partial charge in [-0.25, -0.2) is 9.58 Å². The lowest BCUT2D eigenvalue weighted by atomic mass is 9.93. The number of anilines is 1. The standard InChI is InChI=1S/C23H16N4O4/c1-13-21(14(2)26(24-13)16-9-11-17(12-10-16)27(30)31)25-22(28)18-7-3-5-15-6-4-8-19(20(15)18)23(25)29/h3-12H,1-2H3. The van der Waals surface area contributed by atoms with Crippen LogP contribution in [0.5, 0.6) is 0 Å². The van der Waals surface area contributed by atoms with E-state index in [1.165, 1.54) is 17.0 Å². The molecule has 3 aromatic carbocycles. The van der Waals surface area contributed by atoms with Crippen molar-refractivity contribution in [2.75, 3.05) is 4.90 Å². The van der Waals surface area contributed by atoms with Gasteiger partial charge in [0.25, 0.3) is 17.5 Å². The molecule has 0 aliphatic carbocycles. The highest BCUT2D eigenvalue weighted by Crippen LogP contribution is 2.36. The first-order chi connectivity index (χ1) is 14.9. The third-order valence-corrected chi connectivity index (χ3v) is 5.55. The average Bonchev–Trinajstić information content (AvgIpc) is 3.06. The highest BCUT2D eigenvalue weighted by molar-refractivity contribution is 6.36. The Hall–Kier alpha value is -4.33. The highest BCUT2D eigenvalue weighted by Gasteiger charge is 2.36. The fourth-order valence-electron chi connectivity index (χ4n) is 4.16. The number of nitro benzene ring substituents is 1. The number of hydrogen-bond donors (Lipinski definition) is 0. The first kappa shape index (κ1) is 18.7. The van der Waals surface area contributed by atoms with Crippen LogP contribution in [0.3, 0.4) is 0 Å². The predicted octanol–water partition coefficient (Wildman–Crippen LogP) is 4.35. The van der Waals surface area contributed by atoms with Gasteiger partial charge >= 0.3 is 0 Å². The van der Waals surface area contributed by atoms with Crippen LogP contribution in [0.15, 0.2) is 60.7 Å². The van der Waals surface area contributed by atoms with Crippen LogP contribution in [0.2, 0.25) is 0 Å². The van der Waals surface area contributed by atoms with Gasteiger partial charge in [-0.15, -0.1) is 0 Å². The van der Waals surface area contributed by atoms with Crippen molar-refractivity contribution in [3.8, 4) is 5.69 Å². The van der Waals surface area contributed by atoms with Crippen molar-refractivity contribution in [2.45, 2.75) is 13.8 Å². The number of rotatable bonds is 3. The molecule has 0 saturated carbocycles. The minimum Gasteiger partial charge on any atom is -0.268 e. The molecule has 0 fully saturated rings. The van der Waals surface area contributed by atoms with Crippen molar-refractivity contribution >= 4 is 34.0 Å². The topological polar surface area (TPSA) is 98.3 Å². The van der Waals surface area contributed by atoms with Crippen LogP contribution in [0, 0.1) is 24.0 Å². The van der Waals surface area contributed by atoms with Crippen LogP contribution in [0.4, 0.5) is 11.4 Å². The number of imide groups is 1. The molecule has 0 bridgehead atoms. The van der Waals surface area contributed by atoms with E-state index in [1.807, 2.05) is 12.1 Å². The fraction of sp³-hybridized carbons (Fsp3) is 0.0870. The summed E-state index contributed by atoms with van der Waals surface area (Å²) in [5, 5.41) is 16.9. The van der Waals surface area contributed by atoms with E-state index in [9.17, 15) is 19.7 Å². The number of carbonyl (C=O) groups excluding carboxylic acids is 2. The van der Waals surface area contributed by atoms with E-state index in [2.05, 4.69) is 5.10 Å². The highest BCUT2D eigenvalue weighted by atomic mass is 16.6. The Morgan fingerprint density at radius 2 is 1.45 bits per heavy atom. The molecular weight excluding hydrogens is 396 g/mol. The van der Waals surface area contributed by atoms with E-state index in [4.69, 9.17) is 0 Å². The van der Waals surface area contributed by atoms with E-state index < -0.39 is 16.7 Å². The first-order valence-electron chi connectivity index (χ1n) is 9.60. The summed E-state index contributed by atoms with van der Waals surface area (Å²) in [5.74, 6) is -0.799. The summed E-state index contributed by atoms with van der Waals surface area (Å²) < 4.78 is 1.58. The number of aryl methyl sites for hydroxylation is 1. The Labute approximate surface area is 176 Å². The molecule has 4 aromatic rings. The smallest absolute Gasteiger partial charge is 0.268 e. The van der Waals surface area contributed by atoms with Crippen molar-refractivity contribution in [3.05, 3.63) is 93.3 Å². The number of nitro groups is 1. The molecule has 8 heteroatoms. The van der Waals surface area contributed by atoms with Gasteiger partial charge in [0.05, 0.1) is 27.7 Å². The molecule has 0 spiro atoms. The van der Waals surface area contributed by atoms with Crippen LogP contribution in [-0.4, -0.2) is 26.5 Å². The number of nitrogens with zero attached hydrogens (tertiary/aromatic N) is 4. The Balaban J connectivity index is 1.65. The number of benzene rings is 3.